The van der Waals surface area contributed by atoms with Crippen LogP contribution in [0.2, 0.25) is 0 Å². The Morgan fingerprint density at radius 2 is 1.70 bits per heavy atom. The summed E-state index contributed by atoms with van der Waals surface area (Å²) in [6, 6.07) is 10.5. The molecule has 2 unspecified atom stereocenters. The highest BCUT2D eigenvalue weighted by atomic mass is 16.4. The molecule has 2 aliphatic rings. The molecule has 2 N–H and O–H groups in total. The van der Waals surface area contributed by atoms with Crippen molar-refractivity contribution in [2.75, 3.05) is 0 Å². The lowest BCUT2D eigenvalue weighted by Gasteiger charge is -2.39. The van der Waals surface area contributed by atoms with E-state index in [2.05, 4.69) is 17.4 Å². The molecular weight excluding hydrogens is 254 g/mol. The number of benzene rings is 1. The first-order valence-electron chi connectivity index (χ1n) is 7.23. The summed E-state index contributed by atoms with van der Waals surface area (Å²) in [5, 5.41) is 12.0. The van der Waals surface area contributed by atoms with E-state index in [0.717, 1.165) is 12.8 Å². The van der Waals surface area contributed by atoms with Gasteiger partial charge in [-0.2, -0.15) is 0 Å². The maximum absolute atomic E-state index is 12.0. The van der Waals surface area contributed by atoms with Gasteiger partial charge in [0, 0.05) is 6.04 Å². The number of carboxylic acid groups (broad SMARTS) is 1. The van der Waals surface area contributed by atoms with Gasteiger partial charge in [-0.1, -0.05) is 30.3 Å². The lowest BCUT2D eigenvalue weighted by atomic mass is 9.71. The second kappa shape index (κ2) is 5.27. The largest absolute Gasteiger partial charge is 0.481 e. The molecule has 1 aromatic carbocycles. The SMILES string of the molecule is O=C(O)C1CCC1C(=O)NC1CC(c2ccccc2)C1. The third-order valence-electron chi connectivity index (χ3n) is 4.68. The van der Waals surface area contributed by atoms with Gasteiger partial charge in [0.1, 0.15) is 0 Å². The van der Waals surface area contributed by atoms with Crippen molar-refractivity contribution < 1.29 is 14.7 Å². The van der Waals surface area contributed by atoms with E-state index in [1.165, 1.54) is 5.56 Å². The van der Waals surface area contributed by atoms with Crippen molar-refractivity contribution in [3.63, 3.8) is 0 Å². The van der Waals surface area contributed by atoms with E-state index in [0.29, 0.717) is 18.8 Å². The van der Waals surface area contributed by atoms with E-state index < -0.39 is 11.9 Å². The molecule has 0 saturated heterocycles. The van der Waals surface area contributed by atoms with Crippen LogP contribution >= 0.6 is 0 Å². The minimum atomic E-state index is -0.841. The number of aliphatic carboxylic acids is 1. The monoisotopic (exact) mass is 273 g/mol. The summed E-state index contributed by atoms with van der Waals surface area (Å²) >= 11 is 0. The molecule has 1 amide bonds. The van der Waals surface area contributed by atoms with E-state index in [1.54, 1.807) is 0 Å². The Hall–Kier alpha value is -1.84. The summed E-state index contributed by atoms with van der Waals surface area (Å²) in [5.74, 6) is -1.17. The minimum Gasteiger partial charge on any atom is -0.481 e. The maximum Gasteiger partial charge on any atom is 0.307 e. The average Bonchev–Trinajstić information content (AvgIpc) is 2.32. The predicted octanol–water partition coefficient (Wildman–Crippen LogP) is 2.16. The number of carbonyl (C=O) groups is 2. The molecule has 0 aliphatic heterocycles. The van der Waals surface area contributed by atoms with Crippen molar-refractivity contribution in [3.8, 4) is 0 Å². The molecule has 2 aliphatic carbocycles. The highest BCUT2D eigenvalue weighted by molar-refractivity contribution is 5.86. The first-order chi connectivity index (χ1) is 9.65. The quantitative estimate of drug-likeness (QED) is 0.883. The summed E-state index contributed by atoms with van der Waals surface area (Å²) in [6.07, 6.45) is 3.25. The summed E-state index contributed by atoms with van der Waals surface area (Å²) < 4.78 is 0. The number of hydrogen-bond donors (Lipinski definition) is 2. The predicted molar refractivity (Wildman–Crippen MR) is 74.2 cm³/mol. The standard InChI is InChI=1S/C16H19NO3/c18-15(13-6-7-14(13)16(19)20)17-12-8-11(9-12)10-4-2-1-3-5-10/h1-5,11-14H,6-9H2,(H,17,18)(H,19,20). The highest BCUT2D eigenvalue weighted by Gasteiger charge is 2.43. The van der Waals surface area contributed by atoms with Crippen molar-refractivity contribution in [3.05, 3.63) is 35.9 Å². The number of carbonyl (C=O) groups excluding carboxylic acids is 1. The van der Waals surface area contributed by atoms with Gasteiger partial charge in [-0.3, -0.25) is 9.59 Å². The Bertz CT molecular complexity index is 508. The van der Waals surface area contributed by atoms with Gasteiger partial charge in [-0.15, -0.1) is 0 Å². The Morgan fingerprint density at radius 3 is 2.25 bits per heavy atom. The van der Waals surface area contributed by atoms with E-state index in [9.17, 15) is 9.59 Å². The smallest absolute Gasteiger partial charge is 0.307 e. The van der Waals surface area contributed by atoms with Crippen LogP contribution in [0.1, 0.15) is 37.2 Å². The molecule has 2 atom stereocenters. The summed E-state index contributed by atoms with van der Waals surface area (Å²) in [6.45, 7) is 0. The zero-order valence-corrected chi connectivity index (χ0v) is 11.3. The molecule has 0 bridgehead atoms. The van der Waals surface area contributed by atoms with E-state index in [1.807, 2.05) is 18.2 Å². The van der Waals surface area contributed by atoms with Crippen LogP contribution in [0.3, 0.4) is 0 Å². The van der Waals surface area contributed by atoms with Gasteiger partial charge in [-0.05, 0) is 37.2 Å². The fraction of sp³-hybridized carbons (Fsp3) is 0.500. The Labute approximate surface area is 118 Å². The Balaban J connectivity index is 1.47. The van der Waals surface area contributed by atoms with Crippen LogP contribution in [0.4, 0.5) is 0 Å². The van der Waals surface area contributed by atoms with Crippen LogP contribution in [0.5, 0.6) is 0 Å². The summed E-state index contributed by atoms with van der Waals surface area (Å²) in [5.41, 5.74) is 1.32. The van der Waals surface area contributed by atoms with E-state index in [-0.39, 0.29) is 17.9 Å². The zero-order valence-electron chi connectivity index (χ0n) is 11.3. The van der Waals surface area contributed by atoms with Crippen molar-refractivity contribution in [2.45, 2.75) is 37.6 Å². The first-order valence-corrected chi connectivity index (χ1v) is 7.23. The van der Waals surface area contributed by atoms with Gasteiger partial charge in [0.15, 0.2) is 0 Å². The lowest BCUT2D eigenvalue weighted by molar-refractivity contribution is -0.153. The number of carboxylic acids is 1. The molecule has 0 aromatic heterocycles. The first kappa shape index (κ1) is 13.2. The van der Waals surface area contributed by atoms with Gasteiger partial charge >= 0.3 is 5.97 Å². The van der Waals surface area contributed by atoms with Crippen molar-refractivity contribution in [2.24, 2.45) is 11.8 Å². The molecule has 4 nitrogen and oxygen atoms in total. The lowest BCUT2D eigenvalue weighted by Crippen LogP contribution is -2.50. The van der Waals surface area contributed by atoms with Gasteiger partial charge in [0.05, 0.1) is 11.8 Å². The van der Waals surface area contributed by atoms with Gasteiger partial charge in [0.2, 0.25) is 5.91 Å². The third-order valence-corrected chi connectivity index (χ3v) is 4.68. The van der Waals surface area contributed by atoms with Crippen LogP contribution in [0.25, 0.3) is 0 Å². The molecule has 20 heavy (non-hydrogen) atoms. The number of amides is 1. The molecular formula is C16H19NO3. The Morgan fingerprint density at radius 1 is 1.05 bits per heavy atom. The van der Waals surface area contributed by atoms with Crippen LogP contribution in [-0.2, 0) is 9.59 Å². The summed E-state index contributed by atoms with van der Waals surface area (Å²) in [4.78, 5) is 22.9. The maximum atomic E-state index is 12.0. The molecule has 4 heteroatoms. The topological polar surface area (TPSA) is 66.4 Å². The average molecular weight is 273 g/mol. The van der Waals surface area contributed by atoms with Crippen LogP contribution in [0.15, 0.2) is 30.3 Å². The fourth-order valence-electron chi connectivity index (χ4n) is 3.15. The van der Waals surface area contributed by atoms with Crippen LogP contribution in [-0.4, -0.2) is 23.0 Å². The van der Waals surface area contributed by atoms with Gasteiger partial charge in [0.25, 0.3) is 0 Å². The second-order valence-electron chi connectivity index (χ2n) is 5.91. The third kappa shape index (κ3) is 2.42. The second-order valence-corrected chi connectivity index (χ2v) is 5.91. The zero-order chi connectivity index (χ0) is 14.1. The summed E-state index contributed by atoms with van der Waals surface area (Å²) in [7, 11) is 0. The Kier molecular flexibility index (Phi) is 3.47. The fourth-order valence-corrected chi connectivity index (χ4v) is 3.15. The molecule has 0 heterocycles. The molecule has 1 aromatic rings. The number of rotatable bonds is 4. The highest BCUT2D eigenvalue weighted by Crippen LogP contribution is 2.38. The normalized spacial score (nSPS) is 31.8. The van der Waals surface area contributed by atoms with Gasteiger partial charge < -0.3 is 10.4 Å². The molecule has 106 valence electrons. The van der Waals surface area contributed by atoms with E-state index in [4.69, 9.17) is 5.11 Å². The number of hydrogen-bond acceptors (Lipinski definition) is 2. The number of nitrogens with one attached hydrogen (secondary N) is 1. The van der Waals surface area contributed by atoms with Crippen molar-refractivity contribution >= 4 is 11.9 Å². The van der Waals surface area contributed by atoms with Gasteiger partial charge in [-0.25, -0.2) is 0 Å². The van der Waals surface area contributed by atoms with Crippen LogP contribution in [0, 0.1) is 11.8 Å². The molecule has 3 rings (SSSR count). The van der Waals surface area contributed by atoms with Crippen molar-refractivity contribution in [1.29, 1.82) is 0 Å². The van der Waals surface area contributed by atoms with E-state index >= 15 is 0 Å². The molecule has 0 spiro atoms. The molecule has 2 saturated carbocycles. The molecule has 2 fully saturated rings. The molecule has 0 radical (unpaired) electrons. The van der Waals surface area contributed by atoms with Crippen LogP contribution < -0.4 is 5.32 Å². The minimum absolute atomic E-state index is 0.0693. The van der Waals surface area contributed by atoms with Crippen molar-refractivity contribution in [1.82, 2.24) is 5.32 Å².